The van der Waals surface area contributed by atoms with Crippen LogP contribution in [0.5, 0.6) is 0 Å². The van der Waals surface area contributed by atoms with Crippen molar-refractivity contribution in [2.24, 2.45) is 0 Å². The van der Waals surface area contributed by atoms with Crippen molar-refractivity contribution >= 4 is 45.2 Å². The summed E-state index contributed by atoms with van der Waals surface area (Å²) in [6, 6.07) is 0. The molecule has 0 aliphatic heterocycles. The van der Waals surface area contributed by atoms with Gasteiger partial charge in [0.2, 0.25) is 0 Å². The third-order valence-electron chi connectivity index (χ3n) is 0. The van der Waals surface area contributed by atoms with Crippen LogP contribution < -0.4 is 9.79 Å². The Labute approximate surface area is 86.6 Å². The Morgan fingerprint density at radius 2 is 1.00 bits per heavy atom. The first-order chi connectivity index (χ1) is 4.00. The van der Waals surface area contributed by atoms with Crippen LogP contribution >= 0.6 is 15.6 Å². The Kier molecular flexibility index (Phi) is 11.0. The Bertz CT molecular complexity index is 132. The summed E-state index contributed by atoms with van der Waals surface area (Å²) in [6.07, 6.45) is 0. The maximum atomic E-state index is 8.88. The molecule has 0 saturated carbocycles. The molecular weight excluding hydrogens is 213 g/mol. The van der Waals surface area contributed by atoms with Crippen LogP contribution in [-0.2, 0) is 9.13 Å². The van der Waals surface area contributed by atoms with Crippen LogP contribution in [0.3, 0.4) is 0 Å². The van der Waals surface area contributed by atoms with Crippen molar-refractivity contribution in [3.8, 4) is 0 Å². The van der Waals surface area contributed by atoms with Crippen LogP contribution in [0.25, 0.3) is 0 Å². The molecule has 66 valence electrons. The molecule has 0 saturated heterocycles. The molecular formula is H7NaO8P2. The van der Waals surface area contributed by atoms with Gasteiger partial charge in [-0.2, -0.15) is 0 Å². The monoisotopic (exact) mass is 220 g/mol. The fourth-order valence-electron chi connectivity index (χ4n) is 0. The molecule has 0 radical (unpaired) electrons. The summed E-state index contributed by atoms with van der Waals surface area (Å²) in [5.41, 5.74) is 0. The first-order valence-electron chi connectivity index (χ1n) is 1.53. The van der Waals surface area contributed by atoms with Crippen LogP contribution in [0.15, 0.2) is 0 Å². The van der Waals surface area contributed by atoms with Crippen LogP contribution in [0.2, 0.25) is 0 Å². The Morgan fingerprint density at radius 3 is 1.00 bits per heavy atom. The van der Waals surface area contributed by atoms with Gasteiger partial charge in [0.05, 0.1) is 7.82 Å². The molecule has 11 heavy (non-hydrogen) atoms. The molecule has 0 bridgehead atoms. The maximum absolute atomic E-state index is 8.88. The molecule has 8 nitrogen and oxygen atoms in total. The summed E-state index contributed by atoms with van der Waals surface area (Å²) in [6.45, 7) is 0. The topological polar surface area (TPSA) is 161 Å². The van der Waals surface area contributed by atoms with Crippen LogP contribution in [0.4, 0.5) is 0 Å². The van der Waals surface area contributed by atoms with Crippen molar-refractivity contribution in [2.45, 2.75) is 0 Å². The van der Waals surface area contributed by atoms with E-state index in [4.69, 9.17) is 38.5 Å². The summed E-state index contributed by atoms with van der Waals surface area (Å²) < 4.78 is 17.5. The molecule has 0 aromatic heterocycles. The van der Waals surface area contributed by atoms with Crippen molar-refractivity contribution in [1.82, 2.24) is 0 Å². The number of phosphoric acid groups is 2. The molecule has 0 aliphatic rings. The van der Waals surface area contributed by atoms with E-state index in [0.717, 1.165) is 0 Å². The quantitative estimate of drug-likeness (QED) is 0.241. The predicted octanol–water partition coefficient (Wildman–Crippen LogP) is -3.54. The van der Waals surface area contributed by atoms with Crippen molar-refractivity contribution in [3.05, 3.63) is 0 Å². The number of rotatable bonds is 0. The van der Waals surface area contributed by atoms with Gasteiger partial charge in [0.15, 0.2) is 0 Å². The minimum atomic E-state index is -5.14. The molecule has 0 aliphatic carbocycles. The summed E-state index contributed by atoms with van der Waals surface area (Å²) in [7, 11) is -9.78. The Balaban J connectivity index is -0.0000000267. The minimum absolute atomic E-state index is 0. The second-order valence-electron chi connectivity index (χ2n) is 0.982. The summed E-state index contributed by atoms with van der Waals surface area (Å²) in [5.74, 6) is 0. The fourth-order valence-corrected chi connectivity index (χ4v) is 0. The van der Waals surface area contributed by atoms with E-state index in [1.54, 1.807) is 0 Å². The molecule has 4 N–H and O–H groups in total. The molecule has 0 aromatic carbocycles. The zero-order valence-electron chi connectivity index (χ0n) is 6.32. The SMILES string of the molecule is O=P(O)(O)O.O=P([O-])([O-])O.[H+].[H+].[NaH]. The van der Waals surface area contributed by atoms with E-state index in [-0.39, 0.29) is 32.4 Å². The molecule has 0 spiro atoms. The van der Waals surface area contributed by atoms with Crippen LogP contribution in [-0.4, -0.2) is 49.1 Å². The average molecular weight is 220 g/mol. The van der Waals surface area contributed by atoms with Gasteiger partial charge in [-0.05, 0) is 0 Å². The van der Waals surface area contributed by atoms with Gasteiger partial charge in [0.1, 0.15) is 0 Å². The number of hydrogen-bond donors (Lipinski definition) is 4. The molecule has 0 heterocycles. The second-order valence-corrected chi connectivity index (χ2v) is 2.95. The molecule has 0 amide bonds. The van der Waals surface area contributed by atoms with E-state index < -0.39 is 15.6 Å². The normalized spacial score (nSPS) is 10.7. The van der Waals surface area contributed by atoms with E-state index in [1.807, 2.05) is 0 Å². The van der Waals surface area contributed by atoms with Crippen molar-refractivity contribution in [2.75, 3.05) is 0 Å². The van der Waals surface area contributed by atoms with Crippen molar-refractivity contribution in [1.29, 1.82) is 0 Å². The second kappa shape index (κ2) is 6.71. The van der Waals surface area contributed by atoms with E-state index in [0.29, 0.717) is 0 Å². The van der Waals surface area contributed by atoms with Crippen LogP contribution in [0, 0.1) is 0 Å². The zero-order chi connectivity index (χ0) is 9.00. The molecule has 0 unspecified atom stereocenters. The Morgan fingerprint density at radius 1 is 1.00 bits per heavy atom. The summed E-state index contributed by atoms with van der Waals surface area (Å²) >= 11 is 0. The zero-order valence-corrected chi connectivity index (χ0v) is 6.11. The van der Waals surface area contributed by atoms with E-state index in [9.17, 15) is 0 Å². The average Bonchev–Trinajstić information content (AvgIpc) is 1.12. The fraction of sp³-hybridized carbons (Fsp3) is 0. The van der Waals surface area contributed by atoms with Gasteiger partial charge < -0.3 is 33.9 Å². The molecule has 0 fully saturated rings. The van der Waals surface area contributed by atoms with Gasteiger partial charge >= 0.3 is 40.2 Å². The molecule has 0 atom stereocenters. The third-order valence-corrected chi connectivity index (χ3v) is 0. The molecule has 11 heteroatoms. The Hall–Kier alpha value is 1.22. The van der Waals surface area contributed by atoms with E-state index >= 15 is 0 Å². The first kappa shape index (κ1) is 18.1. The molecule has 0 rings (SSSR count). The predicted molar refractivity (Wildman–Crippen MR) is 33.5 cm³/mol. The van der Waals surface area contributed by atoms with Crippen molar-refractivity contribution in [3.63, 3.8) is 0 Å². The van der Waals surface area contributed by atoms with Gasteiger partial charge in [-0.1, -0.05) is 0 Å². The number of hydrogen-bond acceptors (Lipinski definition) is 4. The van der Waals surface area contributed by atoms with E-state index in [2.05, 4.69) is 0 Å². The van der Waals surface area contributed by atoms with Gasteiger partial charge in [-0.15, -0.1) is 0 Å². The van der Waals surface area contributed by atoms with Gasteiger partial charge in [0.25, 0.3) is 0 Å². The summed E-state index contributed by atoms with van der Waals surface area (Å²) in [5, 5.41) is 0. The standard InChI is InChI=1S/Na.2H3O4P.H/c;2*1-5(2,3)4;/h;2*(H3,1,2,3,4);. The van der Waals surface area contributed by atoms with E-state index in [1.165, 1.54) is 0 Å². The first-order valence-corrected chi connectivity index (χ1v) is 4.59. The van der Waals surface area contributed by atoms with Crippen LogP contribution in [0.1, 0.15) is 2.85 Å². The van der Waals surface area contributed by atoms with Crippen molar-refractivity contribution < 1.29 is 41.3 Å². The summed E-state index contributed by atoms with van der Waals surface area (Å²) in [4.78, 5) is 45.8. The van der Waals surface area contributed by atoms with Gasteiger partial charge in [0, 0.05) is 0 Å². The third kappa shape index (κ3) is 641. The van der Waals surface area contributed by atoms with Gasteiger partial charge in [-0.3, -0.25) is 0 Å². The van der Waals surface area contributed by atoms with Gasteiger partial charge in [-0.25, -0.2) is 4.57 Å². The molecule has 0 aromatic rings.